The first-order valence-electron chi connectivity index (χ1n) is 8.89. The van der Waals surface area contributed by atoms with E-state index in [1.165, 1.54) is 28.3 Å². The van der Waals surface area contributed by atoms with Crippen LogP contribution in [0.5, 0.6) is 0 Å². The van der Waals surface area contributed by atoms with Gasteiger partial charge in [0.1, 0.15) is 18.2 Å². The number of fused-ring (bicyclic) bond motifs is 1. The van der Waals surface area contributed by atoms with Gasteiger partial charge in [0.05, 0.1) is 5.69 Å². The van der Waals surface area contributed by atoms with Crippen LogP contribution in [0.15, 0.2) is 10.9 Å². The fraction of sp³-hybridized carbons (Fsp3) is 0.588. The van der Waals surface area contributed by atoms with Gasteiger partial charge in [0.25, 0.3) is 5.56 Å². The summed E-state index contributed by atoms with van der Waals surface area (Å²) in [6.45, 7) is 1.67. The predicted octanol–water partition coefficient (Wildman–Crippen LogP) is 1.45. The smallest absolute Gasteiger partial charge is 0.325 e. The van der Waals surface area contributed by atoms with Crippen molar-refractivity contribution in [2.75, 3.05) is 6.54 Å². The first kappa shape index (κ1) is 18.5. The van der Waals surface area contributed by atoms with Gasteiger partial charge in [-0.2, -0.15) is 9.61 Å². The first-order chi connectivity index (χ1) is 12.6. The zero-order chi connectivity index (χ0) is 18.5. The van der Waals surface area contributed by atoms with Gasteiger partial charge in [-0.1, -0.05) is 37.5 Å². The fourth-order valence-electron chi connectivity index (χ4n) is 2.99. The molecule has 1 N–H and O–H groups in total. The van der Waals surface area contributed by atoms with E-state index in [1.54, 1.807) is 0 Å². The summed E-state index contributed by atoms with van der Waals surface area (Å²) >= 11 is 1.33. The van der Waals surface area contributed by atoms with Crippen LogP contribution in [0.25, 0.3) is 4.96 Å². The summed E-state index contributed by atoms with van der Waals surface area (Å²) in [5.41, 5.74) is 0.0656. The van der Waals surface area contributed by atoms with E-state index in [9.17, 15) is 14.4 Å². The minimum Gasteiger partial charge on any atom is -0.458 e. The average molecular weight is 378 g/mol. The van der Waals surface area contributed by atoms with Crippen molar-refractivity contribution in [3.63, 3.8) is 0 Å². The van der Waals surface area contributed by atoms with Gasteiger partial charge < -0.3 is 10.1 Å². The third-order valence-electron chi connectivity index (χ3n) is 4.41. The molecule has 0 atom stereocenters. The van der Waals surface area contributed by atoms with E-state index in [0.29, 0.717) is 10.7 Å². The second-order valence-electron chi connectivity index (χ2n) is 6.34. The zero-order valence-corrected chi connectivity index (χ0v) is 15.5. The van der Waals surface area contributed by atoms with Crippen molar-refractivity contribution in [3.8, 4) is 0 Å². The van der Waals surface area contributed by atoms with Crippen molar-refractivity contribution >= 4 is 28.2 Å². The summed E-state index contributed by atoms with van der Waals surface area (Å²) in [5.74, 6) is -0.634. The average Bonchev–Trinajstić information content (AvgIpc) is 3.09. The van der Waals surface area contributed by atoms with Crippen molar-refractivity contribution in [2.45, 2.75) is 52.1 Å². The third-order valence-corrected chi connectivity index (χ3v) is 5.46. The number of aromatic nitrogens is 3. The highest BCUT2D eigenvalue weighted by Gasteiger charge is 2.21. The molecule has 2 aromatic rings. The number of hydrogen-bond donors (Lipinski definition) is 1. The quantitative estimate of drug-likeness (QED) is 0.763. The van der Waals surface area contributed by atoms with E-state index in [2.05, 4.69) is 15.4 Å². The van der Waals surface area contributed by atoms with Crippen LogP contribution in [-0.4, -0.2) is 33.0 Å². The highest BCUT2D eigenvalue weighted by molar-refractivity contribution is 7.16. The standard InChI is InChI=1S/C17H22N4O4S/c1-2-13-20-21-14(22)8-12(19-17(21)26-13)10-25-15(23)9-18-16(24)11-6-4-3-5-7-11/h8,11H,2-7,9-10H2,1H3,(H,18,24). The SMILES string of the molecule is CCc1nn2c(=O)cc(COC(=O)CNC(=O)C3CCCCC3)nc2s1. The lowest BCUT2D eigenvalue weighted by atomic mass is 9.89. The number of aryl methyl sites for hydroxylation is 1. The Morgan fingerprint density at radius 2 is 2.12 bits per heavy atom. The number of nitrogens with zero attached hydrogens (tertiary/aromatic N) is 3. The van der Waals surface area contributed by atoms with Gasteiger partial charge in [-0.15, -0.1) is 0 Å². The molecule has 8 nitrogen and oxygen atoms in total. The van der Waals surface area contributed by atoms with Gasteiger partial charge in [-0.05, 0) is 19.3 Å². The topological polar surface area (TPSA) is 103 Å². The molecule has 0 bridgehead atoms. The monoisotopic (exact) mass is 378 g/mol. The Hall–Kier alpha value is -2.29. The van der Waals surface area contributed by atoms with Crippen LogP contribution in [0, 0.1) is 5.92 Å². The molecule has 0 spiro atoms. The summed E-state index contributed by atoms with van der Waals surface area (Å²) in [5, 5.41) is 7.61. The van der Waals surface area contributed by atoms with Crippen molar-refractivity contribution in [3.05, 3.63) is 27.1 Å². The summed E-state index contributed by atoms with van der Waals surface area (Å²) in [6.07, 6.45) is 5.76. The zero-order valence-electron chi connectivity index (χ0n) is 14.7. The fourth-order valence-corrected chi connectivity index (χ4v) is 3.84. The maximum Gasteiger partial charge on any atom is 0.325 e. The Morgan fingerprint density at radius 1 is 1.35 bits per heavy atom. The molecule has 140 valence electrons. The largest absolute Gasteiger partial charge is 0.458 e. The van der Waals surface area contributed by atoms with E-state index >= 15 is 0 Å². The number of ether oxygens (including phenoxy) is 1. The maximum absolute atomic E-state index is 12.0. The second-order valence-corrected chi connectivity index (χ2v) is 7.38. The predicted molar refractivity (Wildman–Crippen MR) is 95.9 cm³/mol. The number of amides is 1. The molecule has 26 heavy (non-hydrogen) atoms. The van der Waals surface area contributed by atoms with Crippen LogP contribution in [-0.2, 0) is 27.4 Å². The summed E-state index contributed by atoms with van der Waals surface area (Å²) in [4.78, 5) is 40.7. The van der Waals surface area contributed by atoms with E-state index in [0.717, 1.165) is 37.1 Å². The number of carbonyl (C=O) groups excluding carboxylic acids is 2. The molecule has 1 saturated carbocycles. The van der Waals surface area contributed by atoms with Gasteiger partial charge in [0.2, 0.25) is 10.9 Å². The van der Waals surface area contributed by atoms with Crippen molar-refractivity contribution in [1.82, 2.24) is 19.9 Å². The van der Waals surface area contributed by atoms with Crippen LogP contribution < -0.4 is 10.9 Å². The van der Waals surface area contributed by atoms with Gasteiger partial charge in [-0.3, -0.25) is 14.4 Å². The minimum atomic E-state index is -0.547. The number of hydrogen-bond acceptors (Lipinski definition) is 7. The van der Waals surface area contributed by atoms with Crippen molar-refractivity contribution in [2.24, 2.45) is 5.92 Å². The Morgan fingerprint density at radius 3 is 2.85 bits per heavy atom. The Balaban J connectivity index is 1.51. The van der Waals surface area contributed by atoms with E-state index in [1.807, 2.05) is 6.92 Å². The molecule has 1 fully saturated rings. The molecular formula is C17H22N4O4S. The number of rotatable bonds is 6. The minimum absolute atomic E-state index is 0.000222. The summed E-state index contributed by atoms with van der Waals surface area (Å²) in [7, 11) is 0. The van der Waals surface area contributed by atoms with Gasteiger partial charge in [0.15, 0.2) is 0 Å². The molecule has 0 aliphatic heterocycles. The lowest BCUT2D eigenvalue weighted by Crippen LogP contribution is -2.36. The Labute approximate surface area is 154 Å². The lowest BCUT2D eigenvalue weighted by molar-refractivity contribution is -0.145. The lowest BCUT2D eigenvalue weighted by Gasteiger charge is -2.20. The normalized spacial score (nSPS) is 15.1. The maximum atomic E-state index is 12.0. The highest BCUT2D eigenvalue weighted by Crippen LogP contribution is 2.23. The van der Waals surface area contributed by atoms with Crippen LogP contribution in [0.3, 0.4) is 0 Å². The molecule has 3 rings (SSSR count). The van der Waals surface area contributed by atoms with Gasteiger partial charge >= 0.3 is 5.97 Å². The van der Waals surface area contributed by atoms with E-state index in [4.69, 9.17) is 4.74 Å². The number of carbonyl (C=O) groups is 2. The molecule has 0 unspecified atom stereocenters. The van der Waals surface area contributed by atoms with Crippen LogP contribution in [0.1, 0.15) is 49.7 Å². The van der Waals surface area contributed by atoms with E-state index in [-0.39, 0.29) is 30.5 Å². The molecule has 2 heterocycles. The molecule has 1 aliphatic carbocycles. The molecule has 0 saturated heterocycles. The molecular weight excluding hydrogens is 356 g/mol. The molecule has 9 heteroatoms. The molecule has 0 radical (unpaired) electrons. The molecule has 1 aliphatic rings. The van der Waals surface area contributed by atoms with E-state index < -0.39 is 5.97 Å². The molecule has 0 aromatic carbocycles. The van der Waals surface area contributed by atoms with Crippen LogP contribution in [0.4, 0.5) is 0 Å². The second kappa shape index (κ2) is 8.39. The Kier molecular flexibility index (Phi) is 5.97. The molecule has 1 amide bonds. The summed E-state index contributed by atoms with van der Waals surface area (Å²) in [6, 6.07) is 1.31. The van der Waals surface area contributed by atoms with Crippen molar-refractivity contribution < 1.29 is 14.3 Å². The summed E-state index contributed by atoms with van der Waals surface area (Å²) < 4.78 is 6.37. The van der Waals surface area contributed by atoms with Crippen LogP contribution in [0.2, 0.25) is 0 Å². The third kappa shape index (κ3) is 4.46. The highest BCUT2D eigenvalue weighted by atomic mass is 32.1. The number of nitrogens with one attached hydrogen (secondary N) is 1. The number of esters is 1. The molecule has 2 aromatic heterocycles. The van der Waals surface area contributed by atoms with Gasteiger partial charge in [-0.25, -0.2) is 4.98 Å². The van der Waals surface area contributed by atoms with Gasteiger partial charge in [0, 0.05) is 12.0 Å². The first-order valence-corrected chi connectivity index (χ1v) is 9.70. The van der Waals surface area contributed by atoms with Crippen molar-refractivity contribution in [1.29, 1.82) is 0 Å². The van der Waals surface area contributed by atoms with Crippen LogP contribution >= 0.6 is 11.3 Å². The Bertz CT molecular complexity index is 854.